The molecule has 0 aliphatic carbocycles. The van der Waals surface area contributed by atoms with E-state index < -0.39 is 10.0 Å². The van der Waals surface area contributed by atoms with E-state index in [0.717, 1.165) is 10.0 Å². The summed E-state index contributed by atoms with van der Waals surface area (Å²) in [4.78, 5) is 0.117. The number of sulfonamides is 1. The summed E-state index contributed by atoms with van der Waals surface area (Å²) < 4.78 is 28.6. The molecule has 2 aromatic rings. The van der Waals surface area contributed by atoms with Crippen LogP contribution in [0.1, 0.15) is 11.1 Å². The molecule has 0 radical (unpaired) electrons. The molecule has 2 N–H and O–H groups in total. The Balaban J connectivity index is 2.20. The van der Waals surface area contributed by atoms with Crippen LogP contribution in [-0.2, 0) is 23.2 Å². The molecule has 0 saturated heterocycles. The monoisotopic (exact) mass is 433 g/mol. The van der Waals surface area contributed by atoms with Gasteiger partial charge < -0.3 is 5.11 Å². The predicted octanol–water partition coefficient (Wildman–Crippen LogP) is 3.18. The molecule has 0 spiro atoms. The van der Waals surface area contributed by atoms with Gasteiger partial charge in [-0.05, 0) is 51.3 Å². The van der Waals surface area contributed by atoms with E-state index in [1.165, 1.54) is 6.07 Å². The predicted molar refractivity (Wildman–Crippen MR) is 88.2 cm³/mol. The number of halogens is 2. The molecule has 0 bridgehead atoms. The van der Waals surface area contributed by atoms with E-state index in [-0.39, 0.29) is 18.0 Å². The summed E-state index contributed by atoms with van der Waals surface area (Å²) in [6.07, 6.45) is 0. The molecule has 0 unspecified atom stereocenters. The third-order valence-corrected chi connectivity index (χ3v) is 5.77. The fraction of sp³-hybridized carbons (Fsp3) is 0.143. The van der Waals surface area contributed by atoms with E-state index in [0.29, 0.717) is 10.0 Å². The van der Waals surface area contributed by atoms with E-state index in [4.69, 9.17) is 5.11 Å². The summed E-state index contributed by atoms with van der Waals surface area (Å²) in [5.74, 6) is 0. The Bertz CT molecular complexity index is 730. The van der Waals surface area contributed by atoms with Gasteiger partial charge in [0.25, 0.3) is 0 Å². The van der Waals surface area contributed by atoms with Gasteiger partial charge in [-0.25, -0.2) is 13.1 Å². The Hall–Kier alpha value is -0.730. The van der Waals surface area contributed by atoms with Crippen molar-refractivity contribution < 1.29 is 13.5 Å². The van der Waals surface area contributed by atoms with Crippen LogP contribution >= 0.6 is 31.9 Å². The number of aliphatic hydroxyl groups excluding tert-OH is 1. The van der Waals surface area contributed by atoms with Gasteiger partial charge in [0.05, 0.1) is 11.5 Å². The number of hydrogen-bond donors (Lipinski definition) is 2. The van der Waals surface area contributed by atoms with Crippen molar-refractivity contribution in [2.45, 2.75) is 18.0 Å². The van der Waals surface area contributed by atoms with Crippen LogP contribution in [0.15, 0.2) is 56.3 Å². The Morgan fingerprint density at radius 2 is 1.62 bits per heavy atom. The second-order valence-electron chi connectivity index (χ2n) is 4.37. The molecule has 21 heavy (non-hydrogen) atoms. The molecule has 2 aromatic carbocycles. The van der Waals surface area contributed by atoms with Crippen molar-refractivity contribution in [3.63, 3.8) is 0 Å². The zero-order valence-electron chi connectivity index (χ0n) is 10.9. The molecule has 0 amide bonds. The molecule has 0 heterocycles. The lowest BCUT2D eigenvalue weighted by Crippen LogP contribution is -2.23. The van der Waals surface area contributed by atoms with Crippen LogP contribution in [-0.4, -0.2) is 13.5 Å². The minimum Gasteiger partial charge on any atom is -0.392 e. The molecule has 2 rings (SSSR count). The highest BCUT2D eigenvalue weighted by Crippen LogP contribution is 2.23. The normalized spacial score (nSPS) is 11.6. The fourth-order valence-electron chi connectivity index (χ4n) is 1.71. The minimum atomic E-state index is -3.65. The van der Waals surface area contributed by atoms with Gasteiger partial charge in [0.1, 0.15) is 0 Å². The van der Waals surface area contributed by atoms with Crippen molar-refractivity contribution in [1.29, 1.82) is 0 Å². The first-order chi connectivity index (χ1) is 9.92. The molecule has 0 aromatic heterocycles. The van der Waals surface area contributed by atoms with Crippen molar-refractivity contribution in [3.8, 4) is 0 Å². The molecule has 7 heteroatoms. The van der Waals surface area contributed by atoms with Gasteiger partial charge in [-0.1, -0.05) is 34.1 Å². The average molecular weight is 435 g/mol. The van der Waals surface area contributed by atoms with E-state index >= 15 is 0 Å². The van der Waals surface area contributed by atoms with Crippen LogP contribution in [0.3, 0.4) is 0 Å². The topological polar surface area (TPSA) is 66.4 Å². The van der Waals surface area contributed by atoms with Gasteiger partial charge in [0.2, 0.25) is 10.0 Å². The summed E-state index contributed by atoms with van der Waals surface area (Å²) in [5, 5.41) is 9.12. The Labute approximate surface area is 140 Å². The molecule has 0 aliphatic rings. The second-order valence-corrected chi connectivity index (χ2v) is 7.88. The van der Waals surface area contributed by atoms with Gasteiger partial charge in [-0.15, -0.1) is 0 Å². The van der Waals surface area contributed by atoms with Crippen molar-refractivity contribution in [2.24, 2.45) is 0 Å². The second kappa shape index (κ2) is 7.02. The molecule has 0 aliphatic heterocycles. The number of hydrogen-bond acceptors (Lipinski definition) is 3. The SMILES string of the molecule is O=S(=O)(NCc1ccc(Br)cc1)c1cc(CO)ccc1Br. The third kappa shape index (κ3) is 4.37. The zero-order chi connectivity index (χ0) is 15.5. The van der Waals surface area contributed by atoms with E-state index in [1.807, 2.05) is 24.3 Å². The van der Waals surface area contributed by atoms with Gasteiger partial charge in [-0.3, -0.25) is 0 Å². The maximum atomic E-state index is 12.3. The molecule has 0 saturated carbocycles. The van der Waals surface area contributed by atoms with Crippen LogP contribution < -0.4 is 4.72 Å². The highest BCUT2D eigenvalue weighted by molar-refractivity contribution is 9.10. The molecule has 112 valence electrons. The molecule has 0 fully saturated rings. The van der Waals surface area contributed by atoms with Crippen molar-refractivity contribution >= 4 is 41.9 Å². The van der Waals surface area contributed by atoms with Crippen LogP contribution in [0.5, 0.6) is 0 Å². The highest BCUT2D eigenvalue weighted by Gasteiger charge is 2.17. The smallest absolute Gasteiger partial charge is 0.242 e. The average Bonchev–Trinajstić information content (AvgIpc) is 2.47. The van der Waals surface area contributed by atoms with Gasteiger partial charge >= 0.3 is 0 Å². The van der Waals surface area contributed by atoms with Gasteiger partial charge in [-0.2, -0.15) is 0 Å². The first-order valence-corrected chi connectivity index (χ1v) is 9.12. The molecule has 0 atom stereocenters. The largest absolute Gasteiger partial charge is 0.392 e. The number of rotatable bonds is 5. The van der Waals surface area contributed by atoms with Crippen molar-refractivity contribution in [1.82, 2.24) is 4.72 Å². The summed E-state index contributed by atoms with van der Waals surface area (Å²) in [7, 11) is -3.65. The fourth-order valence-corrected chi connectivity index (χ4v) is 4.00. The lowest BCUT2D eigenvalue weighted by atomic mass is 10.2. The zero-order valence-corrected chi connectivity index (χ0v) is 14.9. The Morgan fingerprint density at radius 1 is 1.00 bits per heavy atom. The van der Waals surface area contributed by atoms with Gasteiger partial charge in [0.15, 0.2) is 0 Å². The third-order valence-electron chi connectivity index (χ3n) is 2.85. The number of benzene rings is 2. The maximum Gasteiger partial charge on any atom is 0.242 e. The van der Waals surface area contributed by atoms with Crippen molar-refractivity contribution in [2.75, 3.05) is 0 Å². The quantitative estimate of drug-likeness (QED) is 0.759. The van der Waals surface area contributed by atoms with Crippen molar-refractivity contribution in [3.05, 3.63) is 62.5 Å². The first kappa shape index (κ1) is 16.6. The standard InChI is InChI=1S/C14H13Br2NO3S/c15-12-4-1-10(2-5-12)8-17-21(19,20)14-7-11(9-18)3-6-13(14)16/h1-7,17-18H,8-9H2. The lowest BCUT2D eigenvalue weighted by molar-refractivity contribution is 0.281. The van der Waals surface area contributed by atoms with E-state index in [9.17, 15) is 8.42 Å². The number of aliphatic hydroxyl groups is 1. The van der Waals surface area contributed by atoms with Crippen LogP contribution in [0.4, 0.5) is 0 Å². The molecule has 4 nitrogen and oxygen atoms in total. The highest BCUT2D eigenvalue weighted by atomic mass is 79.9. The summed E-state index contributed by atoms with van der Waals surface area (Å²) in [6.45, 7) is -0.00603. The number of nitrogens with one attached hydrogen (secondary N) is 1. The minimum absolute atomic E-state index is 0.117. The van der Waals surface area contributed by atoms with E-state index in [2.05, 4.69) is 36.6 Å². The van der Waals surface area contributed by atoms with Crippen LogP contribution in [0.25, 0.3) is 0 Å². The Morgan fingerprint density at radius 3 is 2.24 bits per heavy atom. The molecular weight excluding hydrogens is 422 g/mol. The molecular formula is C14H13Br2NO3S. The van der Waals surface area contributed by atoms with Gasteiger partial charge in [0, 0.05) is 15.5 Å². The summed E-state index contributed by atoms with van der Waals surface area (Å²) in [6, 6.07) is 12.1. The van der Waals surface area contributed by atoms with Crippen LogP contribution in [0, 0.1) is 0 Å². The van der Waals surface area contributed by atoms with Crippen LogP contribution in [0.2, 0.25) is 0 Å². The summed E-state index contributed by atoms with van der Waals surface area (Å²) >= 11 is 6.55. The van der Waals surface area contributed by atoms with E-state index in [1.54, 1.807) is 12.1 Å². The lowest BCUT2D eigenvalue weighted by Gasteiger charge is -2.10. The Kier molecular flexibility index (Phi) is 5.56. The summed E-state index contributed by atoms with van der Waals surface area (Å²) in [5.41, 5.74) is 1.40. The maximum absolute atomic E-state index is 12.3. The first-order valence-electron chi connectivity index (χ1n) is 6.06.